The average molecular weight is 369 g/mol. The molecule has 0 saturated carbocycles. The zero-order valence-electron chi connectivity index (χ0n) is 15.2. The minimum atomic E-state index is -0.865. The molecule has 0 fully saturated rings. The molecule has 0 atom stereocenters. The molecule has 0 aliphatic carbocycles. The van der Waals surface area contributed by atoms with Gasteiger partial charge in [-0.3, -0.25) is 4.90 Å². The molecular weight excluding hydrogens is 346 g/mol. The van der Waals surface area contributed by atoms with Crippen LogP contribution in [0, 0.1) is 0 Å². The van der Waals surface area contributed by atoms with Crippen LogP contribution >= 0.6 is 11.3 Å². The molecule has 0 bridgehead atoms. The van der Waals surface area contributed by atoms with Crippen LogP contribution in [0.3, 0.4) is 0 Å². The van der Waals surface area contributed by atoms with Crippen LogP contribution in [0.2, 0.25) is 0 Å². The van der Waals surface area contributed by atoms with E-state index in [1.165, 1.54) is 22.5 Å². The smallest absolute Gasteiger partial charge is 0.345 e. The van der Waals surface area contributed by atoms with E-state index in [1.807, 2.05) is 18.2 Å². The van der Waals surface area contributed by atoms with E-state index in [4.69, 9.17) is 9.84 Å². The van der Waals surface area contributed by atoms with Gasteiger partial charge in [-0.25, -0.2) is 4.79 Å². The van der Waals surface area contributed by atoms with Crippen LogP contribution in [0.4, 0.5) is 0 Å². The maximum absolute atomic E-state index is 11.2. The fraction of sp³-hybridized carbons (Fsp3) is 0.286. The summed E-state index contributed by atoms with van der Waals surface area (Å²) in [5.74, 6) is -0.00158. The van der Waals surface area contributed by atoms with Crippen LogP contribution in [0.5, 0.6) is 5.75 Å². The molecular formula is C21H23NO3S. The molecule has 5 heteroatoms. The van der Waals surface area contributed by atoms with Crippen LogP contribution in [-0.2, 0) is 13.1 Å². The van der Waals surface area contributed by atoms with E-state index in [0.29, 0.717) is 10.9 Å². The average Bonchev–Trinajstić information content (AvgIpc) is 3.05. The molecule has 26 heavy (non-hydrogen) atoms. The molecule has 3 aromatic rings. The third-order valence-electron chi connectivity index (χ3n) is 4.46. The van der Waals surface area contributed by atoms with E-state index in [2.05, 4.69) is 43.0 Å². The summed E-state index contributed by atoms with van der Waals surface area (Å²) in [6, 6.07) is 16.5. The van der Waals surface area contributed by atoms with Crippen LogP contribution in [0.15, 0.2) is 48.5 Å². The Bertz CT molecular complexity index is 899. The number of benzene rings is 2. The first kappa shape index (κ1) is 18.4. The Morgan fingerprint density at radius 2 is 1.73 bits per heavy atom. The fourth-order valence-electron chi connectivity index (χ4n) is 2.90. The van der Waals surface area contributed by atoms with Crippen molar-refractivity contribution in [3.8, 4) is 5.75 Å². The predicted octanol–water partition coefficient (Wildman–Crippen LogP) is 5.02. The molecule has 0 aliphatic heterocycles. The third kappa shape index (κ3) is 4.23. The van der Waals surface area contributed by atoms with Crippen molar-refractivity contribution in [3.63, 3.8) is 0 Å². The summed E-state index contributed by atoms with van der Waals surface area (Å²) >= 11 is 1.33. The summed E-state index contributed by atoms with van der Waals surface area (Å²) in [7, 11) is 1.67. The standard InChI is InChI=1S/C21H23NO3S/c1-14(2)22(12-15-5-8-18(25-3)9-6-15)13-16-4-7-17-11-20(21(23)24)26-19(17)10-16/h4-11,14H,12-13H2,1-3H3,(H,23,24). The lowest BCUT2D eigenvalue weighted by atomic mass is 10.1. The lowest BCUT2D eigenvalue weighted by molar-refractivity contribution is 0.0702. The summed E-state index contributed by atoms with van der Waals surface area (Å²) in [5.41, 5.74) is 2.43. The number of aromatic carboxylic acids is 1. The number of methoxy groups -OCH3 is 1. The van der Waals surface area contributed by atoms with Gasteiger partial charge in [0.2, 0.25) is 0 Å². The minimum absolute atomic E-state index is 0.385. The van der Waals surface area contributed by atoms with Gasteiger partial charge in [0.1, 0.15) is 10.6 Å². The van der Waals surface area contributed by atoms with Crippen molar-refractivity contribution < 1.29 is 14.6 Å². The molecule has 0 amide bonds. The Morgan fingerprint density at radius 1 is 1.08 bits per heavy atom. The highest BCUT2D eigenvalue weighted by Crippen LogP contribution is 2.27. The molecule has 1 N–H and O–H groups in total. The molecule has 0 unspecified atom stereocenters. The van der Waals surface area contributed by atoms with Gasteiger partial charge in [0.15, 0.2) is 0 Å². The predicted molar refractivity (Wildman–Crippen MR) is 106 cm³/mol. The highest BCUT2D eigenvalue weighted by molar-refractivity contribution is 7.20. The highest BCUT2D eigenvalue weighted by Gasteiger charge is 2.13. The third-order valence-corrected chi connectivity index (χ3v) is 5.54. The topological polar surface area (TPSA) is 49.8 Å². The molecule has 136 valence electrons. The van der Waals surface area contributed by atoms with Crippen molar-refractivity contribution >= 4 is 27.4 Å². The van der Waals surface area contributed by atoms with Gasteiger partial charge in [-0.05, 0) is 54.6 Å². The van der Waals surface area contributed by atoms with Crippen LogP contribution in [-0.4, -0.2) is 29.1 Å². The van der Waals surface area contributed by atoms with Gasteiger partial charge < -0.3 is 9.84 Å². The van der Waals surface area contributed by atoms with Crippen molar-refractivity contribution in [2.24, 2.45) is 0 Å². The lowest BCUT2D eigenvalue weighted by Gasteiger charge is -2.26. The molecule has 0 spiro atoms. The number of hydrogen-bond donors (Lipinski definition) is 1. The fourth-order valence-corrected chi connectivity index (χ4v) is 3.87. The number of hydrogen-bond acceptors (Lipinski definition) is 4. The molecule has 4 nitrogen and oxygen atoms in total. The number of carboxylic acids is 1. The first-order chi connectivity index (χ1) is 12.5. The van der Waals surface area contributed by atoms with Crippen molar-refractivity contribution in [2.75, 3.05) is 7.11 Å². The van der Waals surface area contributed by atoms with E-state index in [9.17, 15) is 4.79 Å². The number of ether oxygens (including phenoxy) is 1. The van der Waals surface area contributed by atoms with E-state index < -0.39 is 5.97 Å². The van der Waals surface area contributed by atoms with Gasteiger partial charge in [-0.2, -0.15) is 0 Å². The SMILES string of the molecule is COc1ccc(CN(Cc2ccc3cc(C(=O)O)sc3c2)C(C)C)cc1. The van der Waals surface area contributed by atoms with Gasteiger partial charge in [-0.1, -0.05) is 24.3 Å². The van der Waals surface area contributed by atoms with Gasteiger partial charge >= 0.3 is 5.97 Å². The number of carboxylic acid groups (broad SMARTS) is 1. The molecule has 2 aromatic carbocycles. The van der Waals surface area contributed by atoms with Crippen molar-refractivity contribution in [3.05, 3.63) is 64.5 Å². The van der Waals surface area contributed by atoms with Crippen molar-refractivity contribution in [1.82, 2.24) is 4.90 Å². The molecule has 0 aliphatic rings. The van der Waals surface area contributed by atoms with Crippen molar-refractivity contribution in [1.29, 1.82) is 0 Å². The number of thiophene rings is 1. The number of fused-ring (bicyclic) bond motifs is 1. The van der Waals surface area contributed by atoms with Gasteiger partial charge in [0, 0.05) is 23.8 Å². The molecule has 1 aromatic heterocycles. The molecule has 3 rings (SSSR count). The quantitative estimate of drug-likeness (QED) is 0.635. The van der Waals surface area contributed by atoms with E-state index in [-0.39, 0.29) is 0 Å². The number of carbonyl (C=O) groups is 1. The summed E-state index contributed by atoms with van der Waals surface area (Å²) in [5, 5.41) is 10.2. The Kier molecular flexibility index (Phi) is 5.59. The Labute approximate surface area is 157 Å². The van der Waals surface area contributed by atoms with Crippen LogP contribution < -0.4 is 4.74 Å². The number of rotatable bonds is 7. The van der Waals surface area contributed by atoms with Gasteiger partial charge in [0.25, 0.3) is 0 Å². The molecule has 1 heterocycles. The summed E-state index contributed by atoms with van der Waals surface area (Å²) in [6.07, 6.45) is 0. The zero-order valence-corrected chi connectivity index (χ0v) is 16.0. The monoisotopic (exact) mass is 369 g/mol. The Morgan fingerprint density at radius 3 is 2.35 bits per heavy atom. The summed E-state index contributed by atoms with van der Waals surface area (Å²) < 4.78 is 6.24. The Balaban J connectivity index is 1.78. The first-order valence-corrected chi connectivity index (χ1v) is 9.40. The van der Waals surface area contributed by atoms with Gasteiger partial charge in [0.05, 0.1) is 7.11 Å². The van der Waals surface area contributed by atoms with Gasteiger partial charge in [-0.15, -0.1) is 11.3 Å². The normalized spacial score (nSPS) is 11.4. The lowest BCUT2D eigenvalue weighted by Crippen LogP contribution is -2.29. The second-order valence-electron chi connectivity index (χ2n) is 6.63. The second kappa shape index (κ2) is 7.89. The van der Waals surface area contributed by atoms with Crippen molar-refractivity contribution in [2.45, 2.75) is 33.0 Å². The highest BCUT2D eigenvalue weighted by atomic mass is 32.1. The summed E-state index contributed by atoms with van der Waals surface area (Å²) in [4.78, 5) is 13.9. The van der Waals surface area contributed by atoms with E-state index >= 15 is 0 Å². The minimum Gasteiger partial charge on any atom is -0.497 e. The van der Waals surface area contributed by atoms with E-state index in [0.717, 1.165) is 28.9 Å². The largest absolute Gasteiger partial charge is 0.497 e. The molecule has 0 saturated heterocycles. The maximum Gasteiger partial charge on any atom is 0.345 e. The Hall–Kier alpha value is -2.37. The molecule has 0 radical (unpaired) electrons. The maximum atomic E-state index is 11.2. The zero-order chi connectivity index (χ0) is 18.7. The first-order valence-electron chi connectivity index (χ1n) is 8.59. The number of nitrogens with zero attached hydrogens (tertiary/aromatic N) is 1. The van der Waals surface area contributed by atoms with Crippen LogP contribution in [0.25, 0.3) is 10.1 Å². The van der Waals surface area contributed by atoms with Crippen LogP contribution in [0.1, 0.15) is 34.6 Å². The summed E-state index contributed by atoms with van der Waals surface area (Å²) in [6.45, 7) is 6.05. The second-order valence-corrected chi connectivity index (χ2v) is 7.72. The van der Waals surface area contributed by atoms with E-state index in [1.54, 1.807) is 13.2 Å².